The van der Waals surface area contributed by atoms with E-state index in [2.05, 4.69) is 10.2 Å². The molecule has 2 aliphatic rings. The van der Waals surface area contributed by atoms with Crippen molar-refractivity contribution in [3.05, 3.63) is 40.5 Å². The average Bonchev–Trinajstić information content (AvgIpc) is 3.41. The lowest BCUT2D eigenvalue weighted by Crippen LogP contribution is -2.50. The van der Waals surface area contributed by atoms with Crippen molar-refractivity contribution in [2.75, 3.05) is 32.8 Å². The molecule has 0 spiro atoms. The summed E-state index contributed by atoms with van der Waals surface area (Å²) in [6.45, 7) is 4.32. The third-order valence-electron chi connectivity index (χ3n) is 5.55. The molecule has 0 unspecified atom stereocenters. The number of hydrogen-bond acceptors (Lipinski definition) is 6. The Labute approximate surface area is 177 Å². The van der Waals surface area contributed by atoms with Crippen LogP contribution < -0.4 is 4.74 Å². The van der Waals surface area contributed by atoms with Crippen molar-refractivity contribution in [2.45, 2.75) is 13.3 Å². The molecule has 1 saturated heterocycles. The van der Waals surface area contributed by atoms with Crippen LogP contribution in [0.5, 0.6) is 5.75 Å². The zero-order valence-electron chi connectivity index (χ0n) is 16.6. The molecule has 5 rings (SSSR count). The SMILES string of the molecule is CC(=O)N1CCN(C(=O)c2nc3c(s2)CCOc2cc(-c4cn[nH]c4)ccc2-3)CC1. The maximum atomic E-state index is 13.0. The number of rotatable bonds is 2. The van der Waals surface area contributed by atoms with Crippen LogP contribution in [0.15, 0.2) is 30.6 Å². The van der Waals surface area contributed by atoms with Gasteiger partial charge in [-0.2, -0.15) is 5.10 Å². The number of piperazine rings is 1. The van der Waals surface area contributed by atoms with Crippen LogP contribution in [0.1, 0.15) is 21.6 Å². The smallest absolute Gasteiger partial charge is 0.282 e. The number of thiazole rings is 1. The van der Waals surface area contributed by atoms with Crippen molar-refractivity contribution < 1.29 is 14.3 Å². The van der Waals surface area contributed by atoms with Crippen LogP contribution in [0.2, 0.25) is 0 Å². The van der Waals surface area contributed by atoms with Gasteiger partial charge in [0.15, 0.2) is 5.01 Å². The van der Waals surface area contributed by atoms with E-state index in [4.69, 9.17) is 9.72 Å². The topological polar surface area (TPSA) is 91.4 Å². The number of aromatic nitrogens is 3. The van der Waals surface area contributed by atoms with E-state index in [-0.39, 0.29) is 11.8 Å². The van der Waals surface area contributed by atoms with Crippen LogP contribution >= 0.6 is 11.3 Å². The van der Waals surface area contributed by atoms with Gasteiger partial charge in [0, 0.05) is 61.7 Å². The zero-order valence-corrected chi connectivity index (χ0v) is 17.4. The maximum Gasteiger partial charge on any atom is 0.282 e. The molecule has 1 N–H and O–H groups in total. The number of ether oxygens (including phenoxy) is 1. The Hall–Kier alpha value is -3.20. The molecular weight excluding hydrogens is 402 g/mol. The van der Waals surface area contributed by atoms with Crippen molar-refractivity contribution in [1.82, 2.24) is 25.0 Å². The third kappa shape index (κ3) is 3.35. The van der Waals surface area contributed by atoms with Crippen molar-refractivity contribution in [2.24, 2.45) is 0 Å². The first-order valence-corrected chi connectivity index (χ1v) is 10.7. The molecule has 1 fully saturated rings. The molecule has 3 aromatic rings. The summed E-state index contributed by atoms with van der Waals surface area (Å²) in [6.07, 6.45) is 4.33. The highest BCUT2D eigenvalue weighted by Crippen LogP contribution is 2.39. The second-order valence-corrected chi connectivity index (χ2v) is 8.47. The van der Waals surface area contributed by atoms with E-state index in [1.807, 2.05) is 24.4 Å². The molecule has 0 atom stereocenters. The number of carbonyl (C=O) groups excluding carboxylic acids is 2. The van der Waals surface area contributed by atoms with Crippen LogP contribution in [0.25, 0.3) is 22.4 Å². The summed E-state index contributed by atoms with van der Waals surface area (Å²) in [5, 5.41) is 7.34. The first kappa shape index (κ1) is 18.8. The lowest BCUT2D eigenvalue weighted by molar-refractivity contribution is -0.130. The lowest BCUT2D eigenvalue weighted by Gasteiger charge is -2.33. The molecule has 2 amide bonds. The number of fused-ring (bicyclic) bond motifs is 3. The van der Waals surface area contributed by atoms with E-state index >= 15 is 0 Å². The quantitative estimate of drug-likeness (QED) is 0.684. The molecule has 2 aromatic heterocycles. The molecule has 1 aromatic carbocycles. The zero-order chi connectivity index (χ0) is 20.7. The van der Waals surface area contributed by atoms with Gasteiger partial charge in [-0.3, -0.25) is 14.7 Å². The van der Waals surface area contributed by atoms with Crippen molar-refractivity contribution >= 4 is 23.2 Å². The molecule has 0 saturated carbocycles. The molecule has 4 heterocycles. The Morgan fingerprint density at radius 3 is 2.67 bits per heavy atom. The Kier molecular flexibility index (Phi) is 4.74. The van der Waals surface area contributed by atoms with Gasteiger partial charge in [-0.25, -0.2) is 4.98 Å². The number of H-pyrrole nitrogens is 1. The number of carbonyl (C=O) groups is 2. The molecule has 30 heavy (non-hydrogen) atoms. The van der Waals surface area contributed by atoms with Crippen molar-refractivity contribution in [3.8, 4) is 28.1 Å². The van der Waals surface area contributed by atoms with E-state index in [1.165, 1.54) is 11.3 Å². The van der Waals surface area contributed by atoms with Gasteiger partial charge in [0.05, 0.1) is 18.5 Å². The molecule has 0 bridgehead atoms. The minimum atomic E-state index is -0.0613. The van der Waals surface area contributed by atoms with Gasteiger partial charge in [0.25, 0.3) is 5.91 Å². The largest absolute Gasteiger partial charge is 0.492 e. The summed E-state index contributed by atoms with van der Waals surface area (Å²) in [6, 6.07) is 6.02. The first-order chi connectivity index (χ1) is 14.6. The number of nitrogens with one attached hydrogen (secondary N) is 1. The van der Waals surface area contributed by atoms with E-state index in [0.717, 1.165) is 33.0 Å². The second-order valence-electron chi connectivity index (χ2n) is 7.39. The number of aromatic amines is 1. The summed E-state index contributed by atoms with van der Waals surface area (Å²) in [4.78, 5) is 33.9. The molecule has 154 valence electrons. The van der Waals surface area contributed by atoms with E-state index in [0.29, 0.717) is 44.2 Å². The Balaban J connectivity index is 1.42. The number of nitrogens with zero attached hydrogens (tertiary/aromatic N) is 4. The fraction of sp³-hybridized carbons (Fsp3) is 0.333. The van der Waals surface area contributed by atoms with Gasteiger partial charge in [0.2, 0.25) is 5.91 Å². The van der Waals surface area contributed by atoms with Gasteiger partial charge in [-0.1, -0.05) is 6.07 Å². The van der Waals surface area contributed by atoms with E-state index < -0.39 is 0 Å². The second kappa shape index (κ2) is 7.56. The summed E-state index contributed by atoms with van der Waals surface area (Å²) in [7, 11) is 0. The van der Waals surface area contributed by atoms with Crippen LogP contribution in [-0.2, 0) is 11.2 Å². The van der Waals surface area contributed by atoms with Crippen LogP contribution in [0.3, 0.4) is 0 Å². The fourth-order valence-electron chi connectivity index (χ4n) is 3.86. The lowest BCUT2D eigenvalue weighted by atomic mass is 10.0. The molecule has 8 nitrogen and oxygen atoms in total. The van der Waals surface area contributed by atoms with E-state index in [1.54, 1.807) is 22.9 Å². The van der Waals surface area contributed by atoms with Crippen LogP contribution in [0.4, 0.5) is 0 Å². The summed E-state index contributed by atoms with van der Waals surface area (Å²) in [5.41, 5.74) is 3.74. The molecule has 0 radical (unpaired) electrons. The van der Waals surface area contributed by atoms with E-state index in [9.17, 15) is 9.59 Å². The Morgan fingerprint density at radius 1 is 1.13 bits per heavy atom. The third-order valence-corrected chi connectivity index (χ3v) is 6.65. The summed E-state index contributed by atoms with van der Waals surface area (Å²) < 4.78 is 5.98. The number of amides is 2. The molecule has 0 aliphatic carbocycles. The van der Waals surface area contributed by atoms with Crippen LogP contribution in [0, 0.1) is 0 Å². The van der Waals surface area contributed by atoms with Crippen molar-refractivity contribution in [3.63, 3.8) is 0 Å². The van der Waals surface area contributed by atoms with Gasteiger partial charge >= 0.3 is 0 Å². The van der Waals surface area contributed by atoms with Crippen molar-refractivity contribution in [1.29, 1.82) is 0 Å². The predicted molar refractivity (Wildman–Crippen MR) is 112 cm³/mol. The molecular formula is C21H21N5O3S. The normalized spacial score (nSPS) is 15.8. The first-order valence-electron chi connectivity index (χ1n) is 9.91. The highest BCUT2D eigenvalue weighted by Gasteiger charge is 2.28. The average molecular weight is 423 g/mol. The number of hydrogen-bond donors (Lipinski definition) is 1. The maximum absolute atomic E-state index is 13.0. The van der Waals surface area contributed by atoms with Gasteiger partial charge in [0.1, 0.15) is 5.75 Å². The minimum absolute atomic E-state index is 0.0504. The highest BCUT2D eigenvalue weighted by atomic mass is 32.1. The van der Waals surface area contributed by atoms with Gasteiger partial charge in [-0.05, 0) is 17.7 Å². The Bertz CT molecular complexity index is 1100. The number of benzene rings is 1. The summed E-state index contributed by atoms with van der Waals surface area (Å²) >= 11 is 1.45. The standard InChI is InChI=1S/C21H21N5O3S/c1-13(27)25-5-7-26(8-6-25)21(28)20-24-19-16-3-2-14(15-11-22-23-12-15)10-17(16)29-9-4-18(19)30-20/h2-3,10-12H,4-9H2,1H3,(H,22,23). The Morgan fingerprint density at radius 2 is 1.93 bits per heavy atom. The van der Waals surface area contributed by atoms with Gasteiger partial charge in [-0.15, -0.1) is 11.3 Å². The molecule has 9 heteroatoms. The summed E-state index contributed by atoms with van der Waals surface area (Å²) in [5.74, 6) is 0.759. The minimum Gasteiger partial charge on any atom is -0.492 e. The molecule has 2 aliphatic heterocycles. The highest BCUT2D eigenvalue weighted by molar-refractivity contribution is 7.14. The van der Waals surface area contributed by atoms with Gasteiger partial charge < -0.3 is 14.5 Å². The predicted octanol–water partition coefficient (Wildman–Crippen LogP) is 2.44. The van der Waals surface area contributed by atoms with Crippen LogP contribution in [-0.4, -0.2) is 69.6 Å². The monoisotopic (exact) mass is 423 g/mol. The fourth-order valence-corrected chi connectivity index (χ4v) is 4.89.